The van der Waals surface area contributed by atoms with E-state index >= 15 is 0 Å². The lowest BCUT2D eigenvalue weighted by molar-refractivity contribution is -0.224. The minimum atomic E-state index is -3.69. The molecule has 4 rings (SSSR count). The number of alkyl halides is 2. The van der Waals surface area contributed by atoms with Crippen molar-refractivity contribution >= 4 is 0 Å². The van der Waals surface area contributed by atoms with Crippen molar-refractivity contribution in [3.05, 3.63) is 71.3 Å². The lowest BCUT2D eigenvalue weighted by Gasteiger charge is -2.33. The first kappa shape index (κ1) is 27.3. The molecule has 10 heteroatoms. The van der Waals surface area contributed by atoms with Crippen LogP contribution in [0.3, 0.4) is 0 Å². The van der Waals surface area contributed by atoms with E-state index in [1.807, 2.05) is 19.1 Å². The fourth-order valence-electron chi connectivity index (χ4n) is 4.58. The molecule has 1 aliphatic carbocycles. The van der Waals surface area contributed by atoms with Gasteiger partial charge in [-0.25, -0.2) is 17.6 Å². The second kappa shape index (κ2) is 11.8. The number of rotatable bonds is 8. The molecule has 2 aromatic carbocycles. The topological polar surface area (TPSA) is 36.9 Å². The average Bonchev–Trinajstić information content (AvgIpc) is 2.87. The molecule has 1 heterocycles. The Hall–Kier alpha value is -2.72. The van der Waals surface area contributed by atoms with Crippen LogP contribution >= 0.6 is 0 Å². The molecule has 0 bridgehead atoms. The molecule has 2 aromatic rings. The smallest absolute Gasteiger partial charge is 0.400 e. The third-order valence-electron chi connectivity index (χ3n) is 6.62. The molecule has 2 fully saturated rings. The van der Waals surface area contributed by atoms with E-state index in [1.54, 1.807) is 6.07 Å². The zero-order valence-electron chi connectivity index (χ0n) is 20.2. The van der Waals surface area contributed by atoms with Gasteiger partial charge in [0.25, 0.3) is 0 Å². The standard InChI is InChI=1S/C27H28F6O4/c1-2-3-17-14-35-26(36-15-17)18-6-9-24(21(28)10-18)34-13-16-4-7-19(8-5-16)27(32,33)37-20-11-22(29)25(31)23(30)12-20/h2-3,6,9-12,16-17,19,26H,4-5,7-8,13-15H2,1H3/b3-2+. The summed E-state index contributed by atoms with van der Waals surface area (Å²) in [6, 6.07) is 5.22. The summed E-state index contributed by atoms with van der Waals surface area (Å²) in [5.41, 5.74) is 0.535. The van der Waals surface area contributed by atoms with E-state index in [0.717, 1.165) is 0 Å². The highest BCUT2D eigenvalue weighted by atomic mass is 19.3. The minimum absolute atomic E-state index is 0.0440. The summed E-state index contributed by atoms with van der Waals surface area (Å²) in [7, 11) is 0. The molecule has 0 aromatic heterocycles. The molecule has 0 N–H and O–H groups in total. The number of hydrogen-bond donors (Lipinski definition) is 0. The summed E-state index contributed by atoms with van der Waals surface area (Å²) in [4.78, 5) is 0. The van der Waals surface area contributed by atoms with Gasteiger partial charge in [0.05, 0.1) is 25.7 Å². The van der Waals surface area contributed by atoms with Crippen molar-refractivity contribution in [3.63, 3.8) is 0 Å². The maximum Gasteiger partial charge on any atom is 0.400 e. The zero-order valence-corrected chi connectivity index (χ0v) is 20.2. The second-order valence-electron chi connectivity index (χ2n) is 9.37. The van der Waals surface area contributed by atoms with Gasteiger partial charge in [-0.1, -0.05) is 18.2 Å². The van der Waals surface area contributed by atoms with Crippen molar-refractivity contribution in [1.29, 1.82) is 0 Å². The first-order valence-electron chi connectivity index (χ1n) is 12.2. The zero-order chi connectivity index (χ0) is 26.6. The van der Waals surface area contributed by atoms with Gasteiger partial charge in [-0.05, 0) is 50.7 Å². The van der Waals surface area contributed by atoms with Crippen LogP contribution in [0.25, 0.3) is 0 Å². The summed E-state index contributed by atoms with van der Waals surface area (Å²) in [6.07, 6.45) is 0.432. The van der Waals surface area contributed by atoms with Crippen molar-refractivity contribution in [2.45, 2.75) is 45.0 Å². The van der Waals surface area contributed by atoms with Crippen LogP contribution < -0.4 is 9.47 Å². The van der Waals surface area contributed by atoms with Crippen LogP contribution in [0.2, 0.25) is 0 Å². The Balaban J connectivity index is 1.25. The van der Waals surface area contributed by atoms with Crippen LogP contribution in [0.4, 0.5) is 26.3 Å². The molecule has 37 heavy (non-hydrogen) atoms. The number of halogens is 6. The maximum atomic E-state index is 14.6. The molecule has 2 aliphatic rings. The van der Waals surface area contributed by atoms with Crippen LogP contribution in [0, 0.1) is 41.0 Å². The largest absolute Gasteiger partial charge is 0.490 e. The maximum absolute atomic E-state index is 14.6. The summed E-state index contributed by atoms with van der Waals surface area (Å²) in [5.74, 6) is -7.41. The Bertz CT molecular complexity index is 1070. The Kier molecular flexibility index (Phi) is 8.69. The van der Waals surface area contributed by atoms with Crippen LogP contribution in [0.1, 0.15) is 44.5 Å². The first-order chi connectivity index (χ1) is 17.7. The van der Waals surface area contributed by atoms with Crippen LogP contribution in [0.15, 0.2) is 42.5 Å². The Morgan fingerprint density at radius 2 is 1.57 bits per heavy atom. The average molecular weight is 531 g/mol. The Morgan fingerprint density at radius 3 is 2.16 bits per heavy atom. The summed E-state index contributed by atoms with van der Waals surface area (Å²) >= 11 is 0. The summed E-state index contributed by atoms with van der Waals surface area (Å²) < 4.78 is 105. The van der Waals surface area contributed by atoms with Crippen molar-refractivity contribution in [2.75, 3.05) is 19.8 Å². The molecular weight excluding hydrogens is 502 g/mol. The fourth-order valence-corrected chi connectivity index (χ4v) is 4.58. The molecule has 0 spiro atoms. The molecule has 0 atom stereocenters. The molecule has 1 saturated carbocycles. The van der Waals surface area contributed by atoms with E-state index in [9.17, 15) is 26.3 Å². The normalized spacial score (nSPS) is 24.8. The lowest BCUT2D eigenvalue weighted by atomic mass is 9.81. The highest BCUT2D eigenvalue weighted by Gasteiger charge is 2.44. The fraction of sp³-hybridized carbons (Fsp3) is 0.481. The van der Waals surface area contributed by atoms with Crippen molar-refractivity contribution in [3.8, 4) is 11.5 Å². The number of hydrogen-bond acceptors (Lipinski definition) is 4. The Morgan fingerprint density at radius 1 is 0.919 bits per heavy atom. The third kappa shape index (κ3) is 6.78. The molecule has 202 valence electrons. The van der Waals surface area contributed by atoms with E-state index in [-0.39, 0.29) is 37.0 Å². The van der Waals surface area contributed by atoms with Crippen molar-refractivity contribution in [2.24, 2.45) is 17.8 Å². The molecular formula is C27H28F6O4. The molecule has 1 saturated heterocycles. The van der Waals surface area contributed by atoms with E-state index in [0.29, 0.717) is 43.8 Å². The number of allylic oxidation sites excluding steroid dienone is 1. The van der Waals surface area contributed by atoms with E-state index in [1.165, 1.54) is 12.1 Å². The molecule has 0 radical (unpaired) electrons. The van der Waals surface area contributed by atoms with Gasteiger partial charge in [-0.3, -0.25) is 0 Å². The highest BCUT2D eigenvalue weighted by Crippen LogP contribution is 2.40. The molecule has 4 nitrogen and oxygen atoms in total. The quantitative estimate of drug-likeness (QED) is 0.203. The highest BCUT2D eigenvalue weighted by molar-refractivity contribution is 5.30. The second-order valence-corrected chi connectivity index (χ2v) is 9.37. The number of benzene rings is 2. The van der Waals surface area contributed by atoms with Gasteiger partial charge in [0.15, 0.2) is 35.3 Å². The Labute approximate surface area is 211 Å². The van der Waals surface area contributed by atoms with Crippen molar-refractivity contribution in [1.82, 2.24) is 0 Å². The molecule has 0 unspecified atom stereocenters. The van der Waals surface area contributed by atoms with Gasteiger partial charge in [-0.2, -0.15) is 8.78 Å². The lowest BCUT2D eigenvalue weighted by Crippen LogP contribution is -2.38. The van der Waals surface area contributed by atoms with E-state index in [2.05, 4.69) is 4.74 Å². The predicted octanol–water partition coefficient (Wildman–Crippen LogP) is 7.34. The van der Waals surface area contributed by atoms with E-state index < -0.39 is 47.3 Å². The minimum Gasteiger partial charge on any atom is -0.490 e. The van der Waals surface area contributed by atoms with Gasteiger partial charge >= 0.3 is 6.11 Å². The van der Waals surface area contributed by atoms with Gasteiger partial charge < -0.3 is 18.9 Å². The van der Waals surface area contributed by atoms with Gasteiger partial charge in [0.2, 0.25) is 0 Å². The van der Waals surface area contributed by atoms with Gasteiger partial charge in [0.1, 0.15) is 5.75 Å². The number of ether oxygens (including phenoxy) is 4. The van der Waals surface area contributed by atoms with Crippen LogP contribution in [-0.4, -0.2) is 25.9 Å². The predicted molar refractivity (Wildman–Crippen MR) is 122 cm³/mol. The van der Waals surface area contributed by atoms with Crippen molar-refractivity contribution < 1.29 is 45.3 Å². The van der Waals surface area contributed by atoms with Crippen LogP contribution in [-0.2, 0) is 9.47 Å². The van der Waals surface area contributed by atoms with Gasteiger partial charge in [0, 0.05) is 23.6 Å². The van der Waals surface area contributed by atoms with Crippen LogP contribution in [0.5, 0.6) is 11.5 Å². The molecule has 1 aliphatic heterocycles. The van der Waals surface area contributed by atoms with Gasteiger partial charge in [-0.15, -0.1) is 0 Å². The SMILES string of the molecule is C/C=C/C1COC(c2ccc(OCC3CCC(C(F)(F)Oc4cc(F)c(F)c(F)c4)CC3)c(F)c2)OC1. The first-order valence-corrected chi connectivity index (χ1v) is 12.2. The monoisotopic (exact) mass is 530 g/mol. The third-order valence-corrected chi connectivity index (χ3v) is 6.62. The van der Waals surface area contributed by atoms with E-state index in [4.69, 9.17) is 14.2 Å². The summed E-state index contributed by atoms with van der Waals surface area (Å²) in [6.45, 7) is 3.00. The molecule has 0 amide bonds. The summed E-state index contributed by atoms with van der Waals surface area (Å²) in [5, 5.41) is 0.